The first-order valence-electron chi connectivity index (χ1n) is 10.6. The maximum atomic E-state index is 12.7. The van der Waals surface area contributed by atoms with E-state index in [1.54, 1.807) is 7.05 Å². The monoisotopic (exact) mass is 430 g/mol. The Labute approximate surface area is 182 Å². The highest BCUT2D eigenvalue weighted by atomic mass is 16.5. The molecule has 0 aliphatic carbocycles. The third-order valence-corrected chi connectivity index (χ3v) is 6.06. The van der Waals surface area contributed by atoms with Crippen molar-refractivity contribution >= 4 is 17.9 Å². The first-order chi connectivity index (χ1) is 14.8. The molecular formula is C21H30N6O4. The van der Waals surface area contributed by atoms with Crippen molar-refractivity contribution in [3.63, 3.8) is 0 Å². The number of hydrogen-bond donors (Lipinski definition) is 2. The fourth-order valence-corrected chi connectivity index (χ4v) is 4.16. The summed E-state index contributed by atoms with van der Waals surface area (Å²) >= 11 is 0. The predicted octanol–water partition coefficient (Wildman–Crippen LogP) is -0.470. The molecule has 10 heteroatoms. The second kappa shape index (κ2) is 8.72. The first-order valence-corrected chi connectivity index (χ1v) is 10.6. The minimum atomic E-state index is -0.841. The van der Waals surface area contributed by atoms with Crippen molar-refractivity contribution < 1.29 is 19.4 Å². The van der Waals surface area contributed by atoms with Crippen molar-refractivity contribution in [1.29, 1.82) is 0 Å². The molecule has 1 aromatic carbocycles. The summed E-state index contributed by atoms with van der Waals surface area (Å²) in [5, 5.41) is 13.1. The normalized spacial score (nSPS) is 25.3. The summed E-state index contributed by atoms with van der Waals surface area (Å²) in [5.74, 6) is 0.970. The highest BCUT2D eigenvalue weighted by molar-refractivity contribution is 6.03. The number of nitrogens with zero attached hydrogens (tertiary/aromatic N) is 5. The molecule has 3 atom stereocenters. The summed E-state index contributed by atoms with van der Waals surface area (Å²) in [4.78, 5) is 37.2. The Morgan fingerprint density at radius 3 is 2.61 bits per heavy atom. The van der Waals surface area contributed by atoms with Gasteiger partial charge in [0.05, 0.1) is 6.54 Å². The number of nitrogens with one attached hydrogen (secondary N) is 1. The van der Waals surface area contributed by atoms with Crippen LogP contribution in [0.3, 0.4) is 0 Å². The molecule has 0 saturated carbocycles. The van der Waals surface area contributed by atoms with Gasteiger partial charge in [0.2, 0.25) is 0 Å². The zero-order chi connectivity index (χ0) is 22.1. The number of rotatable bonds is 5. The van der Waals surface area contributed by atoms with Crippen LogP contribution in [0.15, 0.2) is 29.3 Å². The number of β-amino-alcohol motifs (C(OH)–C–C–N with tert-alkyl or cyclic N) is 1. The van der Waals surface area contributed by atoms with Crippen molar-refractivity contribution in [1.82, 2.24) is 24.9 Å². The molecule has 4 rings (SSSR count). The van der Waals surface area contributed by atoms with Gasteiger partial charge < -0.3 is 29.4 Å². The van der Waals surface area contributed by atoms with E-state index in [9.17, 15) is 14.7 Å². The van der Waals surface area contributed by atoms with Crippen LogP contribution in [0, 0.1) is 6.92 Å². The molecule has 3 aliphatic rings. The molecular weight excluding hydrogens is 400 g/mol. The second-order valence-electron chi connectivity index (χ2n) is 8.37. The fourth-order valence-electron chi connectivity index (χ4n) is 4.16. The van der Waals surface area contributed by atoms with E-state index in [-0.39, 0.29) is 13.2 Å². The Morgan fingerprint density at radius 1 is 1.19 bits per heavy atom. The van der Waals surface area contributed by atoms with E-state index in [1.165, 1.54) is 4.90 Å². The molecule has 2 saturated heterocycles. The number of carbonyl (C=O) groups excluding carboxylic acids is 2. The number of piperazine rings is 1. The molecule has 3 unspecified atom stereocenters. The Balaban J connectivity index is 1.51. The molecule has 10 nitrogen and oxygen atoms in total. The Morgan fingerprint density at radius 2 is 1.90 bits per heavy atom. The van der Waals surface area contributed by atoms with Crippen molar-refractivity contribution in [2.45, 2.75) is 25.2 Å². The van der Waals surface area contributed by atoms with E-state index >= 15 is 0 Å². The van der Waals surface area contributed by atoms with Gasteiger partial charge in [-0.25, -0.2) is 9.79 Å². The van der Waals surface area contributed by atoms with Crippen LogP contribution in [0.4, 0.5) is 4.79 Å². The number of hydrogen-bond acceptors (Lipinski definition) is 8. The number of aliphatic imine (C=N–C) groups is 1. The lowest BCUT2D eigenvalue weighted by Gasteiger charge is -2.40. The number of benzene rings is 1. The van der Waals surface area contributed by atoms with Gasteiger partial charge in [0.25, 0.3) is 5.91 Å². The van der Waals surface area contributed by atoms with Gasteiger partial charge in [0.1, 0.15) is 18.5 Å². The number of guanidine groups is 1. The molecule has 3 amide bonds. The number of aliphatic hydroxyl groups excluding tert-OH is 1. The molecule has 2 fully saturated rings. The zero-order valence-corrected chi connectivity index (χ0v) is 18.2. The van der Waals surface area contributed by atoms with Crippen LogP contribution in [0.2, 0.25) is 0 Å². The molecule has 31 heavy (non-hydrogen) atoms. The lowest BCUT2D eigenvalue weighted by Crippen LogP contribution is -2.65. The Kier molecular flexibility index (Phi) is 6.01. The van der Waals surface area contributed by atoms with Crippen LogP contribution >= 0.6 is 0 Å². The maximum absolute atomic E-state index is 12.7. The number of ether oxygens (including phenoxy) is 1. The molecule has 3 heterocycles. The average Bonchev–Trinajstić information content (AvgIpc) is 3.12. The average molecular weight is 431 g/mol. The van der Waals surface area contributed by atoms with Gasteiger partial charge in [-0.3, -0.25) is 10.1 Å². The largest absolute Gasteiger partial charge is 0.491 e. The lowest BCUT2D eigenvalue weighted by atomic mass is 10.1. The molecule has 1 aromatic rings. The quantitative estimate of drug-likeness (QED) is 0.651. The number of likely N-dealkylation sites (N-methyl/N-ethyl adjacent to an activating group) is 2. The van der Waals surface area contributed by atoms with Gasteiger partial charge in [0.15, 0.2) is 18.2 Å². The summed E-state index contributed by atoms with van der Waals surface area (Å²) in [6, 6.07) is 6.49. The molecule has 0 aromatic heterocycles. The van der Waals surface area contributed by atoms with Crippen LogP contribution in [-0.4, -0.2) is 114 Å². The molecule has 168 valence electrons. The first kappa shape index (κ1) is 21.4. The minimum Gasteiger partial charge on any atom is -0.491 e. The van der Waals surface area contributed by atoms with Gasteiger partial charge in [-0.2, -0.15) is 0 Å². The summed E-state index contributed by atoms with van der Waals surface area (Å²) < 4.78 is 5.80. The summed E-state index contributed by atoms with van der Waals surface area (Å²) in [6.07, 6.45) is -1.45. The highest BCUT2D eigenvalue weighted by Gasteiger charge is 2.50. The van der Waals surface area contributed by atoms with E-state index in [1.807, 2.05) is 36.1 Å². The van der Waals surface area contributed by atoms with Crippen LogP contribution in [0.5, 0.6) is 5.75 Å². The summed E-state index contributed by atoms with van der Waals surface area (Å²) in [5.41, 5.74) is 0.988. The fraction of sp³-hybridized carbons (Fsp3) is 0.571. The molecule has 2 N–H and O–H groups in total. The van der Waals surface area contributed by atoms with Crippen molar-refractivity contribution in [2.75, 3.05) is 53.4 Å². The highest BCUT2D eigenvalue weighted by Crippen LogP contribution is 2.26. The van der Waals surface area contributed by atoms with Gasteiger partial charge >= 0.3 is 6.03 Å². The molecule has 0 bridgehead atoms. The number of aliphatic hydroxyl groups is 1. The van der Waals surface area contributed by atoms with E-state index in [2.05, 4.69) is 22.2 Å². The molecule has 3 aliphatic heterocycles. The Hall–Kier alpha value is -2.85. The number of imide groups is 1. The predicted molar refractivity (Wildman–Crippen MR) is 115 cm³/mol. The molecule has 0 spiro atoms. The summed E-state index contributed by atoms with van der Waals surface area (Å²) in [7, 11) is 3.70. The number of para-hydroxylation sites is 1. The summed E-state index contributed by atoms with van der Waals surface area (Å²) in [6.45, 7) is 5.49. The number of urea groups is 1. The standard InChI is InChI=1S/C21H30N6O4/c1-14-6-4-5-7-16(14)31-13-15(28)12-27-17-18(25(3)21(30)23-19(17)29)22-20(27)26-10-8-24(2)9-11-26/h4-7,15,17-18,28H,8-13H2,1-3H3,(H,23,29,30). The number of carbonyl (C=O) groups is 2. The smallest absolute Gasteiger partial charge is 0.325 e. The maximum Gasteiger partial charge on any atom is 0.325 e. The van der Waals surface area contributed by atoms with Crippen molar-refractivity contribution in [2.24, 2.45) is 4.99 Å². The van der Waals surface area contributed by atoms with Crippen LogP contribution in [0.25, 0.3) is 0 Å². The molecule has 0 radical (unpaired) electrons. The SMILES string of the molecule is Cc1ccccc1OCC(O)CN1C(N2CCN(C)CC2)=NC2C1C(=O)NC(=O)N2C. The minimum absolute atomic E-state index is 0.0884. The van der Waals surface area contributed by atoms with E-state index in [0.717, 1.165) is 37.5 Å². The topological polar surface area (TPSA) is 101 Å². The van der Waals surface area contributed by atoms with Crippen molar-refractivity contribution in [3.05, 3.63) is 29.8 Å². The van der Waals surface area contributed by atoms with Crippen molar-refractivity contribution in [3.8, 4) is 5.75 Å². The Bertz CT molecular complexity index is 869. The number of aryl methyl sites for hydroxylation is 1. The lowest BCUT2D eigenvalue weighted by molar-refractivity contribution is -0.127. The van der Waals surface area contributed by atoms with Gasteiger partial charge in [-0.05, 0) is 25.6 Å². The third-order valence-electron chi connectivity index (χ3n) is 6.06. The second-order valence-corrected chi connectivity index (χ2v) is 8.37. The van der Waals surface area contributed by atoms with E-state index in [0.29, 0.717) is 5.96 Å². The number of amides is 3. The number of fused-ring (bicyclic) bond motifs is 1. The third kappa shape index (κ3) is 4.31. The van der Waals surface area contributed by atoms with Gasteiger partial charge in [-0.1, -0.05) is 18.2 Å². The van der Waals surface area contributed by atoms with Gasteiger partial charge in [0, 0.05) is 33.2 Å². The van der Waals surface area contributed by atoms with E-state index < -0.39 is 30.2 Å². The van der Waals surface area contributed by atoms with E-state index in [4.69, 9.17) is 9.73 Å². The van der Waals surface area contributed by atoms with Crippen LogP contribution < -0.4 is 10.1 Å². The zero-order valence-electron chi connectivity index (χ0n) is 18.2. The van der Waals surface area contributed by atoms with Crippen LogP contribution in [-0.2, 0) is 4.79 Å². The van der Waals surface area contributed by atoms with Crippen LogP contribution in [0.1, 0.15) is 5.56 Å². The van der Waals surface area contributed by atoms with Gasteiger partial charge in [-0.15, -0.1) is 0 Å².